The predicted molar refractivity (Wildman–Crippen MR) is 100 cm³/mol. The van der Waals surface area contributed by atoms with Crippen LogP contribution in [0.15, 0.2) is 24.4 Å². The zero-order valence-electron chi connectivity index (χ0n) is 14.8. The highest BCUT2D eigenvalue weighted by molar-refractivity contribution is 6.40. The number of carbonyl (C=O) groups is 1. The number of hydrogen-bond donors (Lipinski definition) is 2. The highest BCUT2D eigenvalue weighted by atomic mass is 16.5. The Bertz CT molecular complexity index is 791. The van der Waals surface area contributed by atoms with Crippen molar-refractivity contribution in [2.75, 3.05) is 19.8 Å². The lowest BCUT2D eigenvalue weighted by Gasteiger charge is -2.36. The molecule has 2 heterocycles. The van der Waals surface area contributed by atoms with Crippen molar-refractivity contribution in [2.24, 2.45) is 5.92 Å². The summed E-state index contributed by atoms with van der Waals surface area (Å²) in [5, 5.41) is 14.5. The molecule has 0 radical (unpaired) electrons. The lowest BCUT2D eigenvalue weighted by molar-refractivity contribution is -0.184. The van der Waals surface area contributed by atoms with E-state index in [0.29, 0.717) is 31.2 Å². The number of nitrogens with one attached hydrogen (secondary N) is 1. The fourth-order valence-corrected chi connectivity index (χ4v) is 4.13. The van der Waals surface area contributed by atoms with Crippen LogP contribution in [-0.4, -0.2) is 48.8 Å². The van der Waals surface area contributed by atoms with Crippen molar-refractivity contribution in [1.82, 2.24) is 9.88 Å². The van der Waals surface area contributed by atoms with Crippen LogP contribution in [0.2, 0.25) is 0 Å². The smallest absolute Gasteiger partial charge is 0.253 e. The third-order valence-corrected chi connectivity index (χ3v) is 5.59. The van der Waals surface area contributed by atoms with Crippen molar-refractivity contribution in [3.63, 3.8) is 0 Å². The number of hydrogen-bond acceptors (Lipinski definition) is 3. The van der Waals surface area contributed by atoms with Crippen molar-refractivity contribution >= 4 is 30.1 Å². The molecule has 1 aliphatic heterocycles. The molecule has 0 spiro atoms. The van der Waals surface area contributed by atoms with E-state index in [2.05, 4.69) is 5.32 Å². The number of benzene rings is 1. The molecule has 1 saturated carbocycles. The van der Waals surface area contributed by atoms with Crippen LogP contribution in [0.25, 0.3) is 10.9 Å². The van der Waals surface area contributed by atoms with Crippen molar-refractivity contribution in [1.29, 1.82) is 0 Å². The molecule has 1 aromatic carbocycles. The summed E-state index contributed by atoms with van der Waals surface area (Å²) < 4.78 is 7.15. The van der Waals surface area contributed by atoms with E-state index in [9.17, 15) is 9.90 Å². The summed E-state index contributed by atoms with van der Waals surface area (Å²) in [5.41, 5.74) is 1.95. The molecule has 1 saturated heterocycles. The Labute approximate surface area is 148 Å². The first-order chi connectivity index (χ1) is 12.1. The molecule has 6 heteroatoms. The minimum atomic E-state index is -0.826. The second kappa shape index (κ2) is 6.50. The van der Waals surface area contributed by atoms with Gasteiger partial charge in [0.25, 0.3) is 5.91 Å². The molecule has 2 fully saturated rings. The molecular formula is C19H25BN2O3. The van der Waals surface area contributed by atoms with E-state index in [1.165, 1.54) is 25.7 Å². The Kier molecular flexibility index (Phi) is 4.34. The van der Waals surface area contributed by atoms with Gasteiger partial charge in [0.1, 0.15) is 13.4 Å². The fourth-order valence-electron chi connectivity index (χ4n) is 4.13. The summed E-state index contributed by atoms with van der Waals surface area (Å²) >= 11 is 0. The highest BCUT2D eigenvalue weighted by Crippen LogP contribution is 2.26. The van der Waals surface area contributed by atoms with E-state index < -0.39 is 5.60 Å². The molecule has 0 atom stereocenters. The average molecular weight is 340 g/mol. The zero-order chi connectivity index (χ0) is 17.4. The van der Waals surface area contributed by atoms with Gasteiger partial charge in [-0.2, -0.15) is 0 Å². The minimum absolute atomic E-state index is 0.0122. The highest BCUT2D eigenvalue weighted by Gasteiger charge is 2.37. The van der Waals surface area contributed by atoms with Gasteiger partial charge in [-0.25, -0.2) is 0 Å². The first kappa shape index (κ1) is 16.7. The van der Waals surface area contributed by atoms with Crippen LogP contribution in [0.3, 0.4) is 0 Å². The molecule has 1 aromatic heterocycles. The number of amides is 1. The van der Waals surface area contributed by atoms with Crippen LogP contribution >= 0.6 is 0 Å². The molecule has 0 unspecified atom stereocenters. The predicted octanol–water partition coefficient (Wildman–Crippen LogP) is 0.581. The largest absolute Gasteiger partial charge is 0.383 e. The summed E-state index contributed by atoms with van der Waals surface area (Å²) in [6.45, 7) is 1.90. The lowest BCUT2D eigenvalue weighted by atomic mass is 9.90. The van der Waals surface area contributed by atoms with E-state index in [1.807, 2.05) is 36.8 Å². The number of nitrogens with zero attached hydrogens (tertiary/aromatic N) is 1. The summed E-state index contributed by atoms with van der Waals surface area (Å²) in [6, 6.07) is 6.04. The van der Waals surface area contributed by atoms with E-state index >= 15 is 0 Å². The molecular weight excluding hydrogens is 315 g/mol. The number of aliphatic hydroxyl groups is 1. The van der Waals surface area contributed by atoms with Crippen molar-refractivity contribution in [3.8, 4) is 0 Å². The van der Waals surface area contributed by atoms with E-state index in [0.717, 1.165) is 22.9 Å². The van der Waals surface area contributed by atoms with Gasteiger partial charge in [0.05, 0.1) is 25.3 Å². The maximum Gasteiger partial charge on any atom is 0.253 e. The Morgan fingerprint density at radius 1 is 1.36 bits per heavy atom. The van der Waals surface area contributed by atoms with Crippen LogP contribution in [0, 0.1) is 5.92 Å². The van der Waals surface area contributed by atoms with Crippen LogP contribution in [0.1, 0.15) is 36.0 Å². The summed E-state index contributed by atoms with van der Waals surface area (Å²) in [4.78, 5) is 12.8. The van der Waals surface area contributed by atoms with Gasteiger partial charge in [-0.1, -0.05) is 30.4 Å². The van der Waals surface area contributed by atoms with E-state index in [4.69, 9.17) is 4.74 Å². The maximum absolute atomic E-state index is 12.8. The van der Waals surface area contributed by atoms with Crippen LogP contribution in [-0.2, 0) is 11.3 Å². The average Bonchev–Trinajstić information content (AvgIpc) is 3.20. The van der Waals surface area contributed by atoms with Crippen LogP contribution in [0.5, 0.6) is 0 Å². The molecule has 25 heavy (non-hydrogen) atoms. The SMILES string of the molecule is Bc1cccc2c1c(C(=O)NCC1CCCC1)cn2CC1(O)COC1. The third-order valence-electron chi connectivity index (χ3n) is 5.59. The first-order valence-electron chi connectivity index (χ1n) is 9.22. The zero-order valence-corrected chi connectivity index (χ0v) is 14.8. The van der Waals surface area contributed by atoms with Gasteiger partial charge in [0.2, 0.25) is 0 Å². The van der Waals surface area contributed by atoms with Gasteiger partial charge < -0.3 is 19.7 Å². The van der Waals surface area contributed by atoms with E-state index in [1.54, 1.807) is 0 Å². The van der Waals surface area contributed by atoms with Gasteiger partial charge in [0.15, 0.2) is 0 Å². The van der Waals surface area contributed by atoms with E-state index in [-0.39, 0.29) is 5.91 Å². The quantitative estimate of drug-likeness (QED) is 0.783. The number of rotatable bonds is 5. The van der Waals surface area contributed by atoms with Crippen LogP contribution < -0.4 is 10.8 Å². The topological polar surface area (TPSA) is 63.5 Å². The normalized spacial score (nSPS) is 19.9. The molecule has 2 aliphatic rings. The number of carbonyl (C=O) groups excluding carboxylic acids is 1. The van der Waals surface area contributed by atoms with Crippen molar-refractivity contribution in [2.45, 2.75) is 37.8 Å². The monoisotopic (exact) mass is 340 g/mol. The maximum atomic E-state index is 12.8. The summed E-state index contributed by atoms with van der Waals surface area (Å²) in [6.07, 6.45) is 6.87. The molecule has 1 aliphatic carbocycles. The molecule has 0 bridgehead atoms. The molecule has 1 amide bonds. The second-order valence-electron chi connectivity index (χ2n) is 7.72. The molecule has 2 aromatic rings. The van der Waals surface area contributed by atoms with Gasteiger partial charge in [-0.3, -0.25) is 4.79 Å². The van der Waals surface area contributed by atoms with Crippen molar-refractivity contribution in [3.05, 3.63) is 30.0 Å². The van der Waals surface area contributed by atoms with Gasteiger partial charge in [0, 0.05) is 23.6 Å². The first-order valence-corrected chi connectivity index (χ1v) is 9.22. The molecule has 4 rings (SSSR count). The van der Waals surface area contributed by atoms with Crippen LogP contribution in [0.4, 0.5) is 0 Å². The van der Waals surface area contributed by atoms with Gasteiger partial charge >= 0.3 is 0 Å². The lowest BCUT2D eigenvalue weighted by Crippen LogP contribution is -2.52. The fraction of sp³-hybridized carbons (Fsp3) is 0.526. The Morgan fingerprint density at radius 2 is 2.12 bits per heavy atom. The third kappa shape index (κ3) is 3.21. The molecule has 5 nitrogen and oxygen atoms in total. The van der Waals surface area contributed by atoms with Crippen molar-refractivity contribution < 1.29 is 14.6 Å². The number of aromatic nitrogens is 1. The Balaban J connectivity index is 1.61. The number of ether oxygens (including phenoxy) is 1. The summed E-state index contributed by atoms with van der Waals surface area (Å²) in [5.74, 6) is 0.605. The minimum Gasteiger partial charge on any atom is -0.383 e. The molecule has 2 N–H and O–H groups in total. The number of fused-ring (bicyclic) bond motifs is 1. The van der Waals surface area contributed by atoms with Gasteiger partial charge in [-0.15, -0.1) is 0 Å². The Morgan fingerprint density at radius 3 is 2.80 bits per heavy atom. The Hall–Kier alpha value is -1.79. The second-order valence-corrected chi connectivity index (χ2v) is 7.72. The summed E-state index contributed by atoms with van der Waals surface area (Å²) in [7, 11) is 2.03. The van der Waals surface area contributed by atoms with Gasteiger partial charge in [-0.05, 0) is 24.8 Å². The molecule has 132 valence electrons. The standard InChI is InChI=1S/C19H25BN2O3/c20-15-6-3-7-16-17(15)14(9-22(16)10-19(24)11-25-12-19)18(23)21-8-13-4-1-2-5-13/h3,6-7,9,13,24H,1-2,4-5,8,10-12,20H2,(H,21,23).